The lowest BCUT2D eigenvalue weighted by atomic mass is 10.1. The maximum absolute atomic E-state index is 13.1. The Hall–Kier alpha value is -4.06. The number of para-hydroxylation sites is 1. The van der Waals surface area contributed by atoms with Gasteiger partial charge in [0.05, 0.1) is 24.0 Å². The second-order valence-corrected chi connectivity index (χ2v) is 6.87. The van der Waals surface area contributed by atoms with Gasteiger partial charge in [0.1, 0.15) is 17.2 Å². The molecule has 1 amide bonds. The molecule has 0 aliphatic carbocycles. The number of phenolic OH excluding ortho intramolecular Hbond substituents is 1. The number of rotatable bonds is 5. The monoisotopic (exact) mass is 399 g/mol. The molecule has 0 unspecified atom stereocenters. The van der Waals surface area contributed by atoms with Crippen LogP contribution in [0, 0.1) is 6.92 Å². The zero-order chi connectivity index (χ0) is 21.1. The number of aromatic hydroxyl groups is 1. The third-order valence-corrected chi connectivity index (χ3v) is 4.74. The molecule has 0 saturated carbocycles. The zero-order valence-electron chi connectivity index (χ0n) is 16.7. The van der Waals surface area contributed by atoms with E-state index in [-0.39, 0.29) is 11.7 Å². The summed E-state index contributed by atoms with van der Waals surface area (Å²) in [7, 11) is 1.60. The molecule has 0 spiro atoms. The van der Waals surface area contributed by atoms with Crippen molar-refractivity contribution in [2.45, 2.75) is 6.92 Å². The number of hydrogen-bond donors (Lipinski definition) is 2. The van der Waals surface area contributed by atoms with Crippen molar-refractivity contribution < 1.29 is 14.6 Å². The van der Waals surface area contributed by atoms with Gasteiger partial charge in [0, 0.05) is 11.8 Å². The minimum Gasteiger partial charge on any atom is -0.506 e. The van der Waals surface area contributed by atoms with Crippen molar-refractivity contribution in [1.82, 2.24) is 9.78 Å². The Labute approximate surface area is 174 Å². The summed E-state index contributed by atoms with van der Waals surface area (Å²) in [5.74, 6) is 0.378. The molecule has 30 heavy (non-hydrogen) atoms. The normalized spacial score (nSPS) is 10.6. The maximum atomic E-state index is 13.1. The minimum absolute atomic E-state index is 0.0183. The molecule has 0 aliphatic heterocycles. The van der Waals surface area contributed by atoms with Crippen molar-refractivity contribution in [3.05, 3.63) is 90.1 Å². The number of nitrogens with zero attached hydrogens (tertiary/aromatic N) is 2. The van der Waals surface area contributed by atoms with Gasteiger partial charge in [0.2, 0.25) is 0 Å². The average Bonchev–Trinajstić information content (AvgIpc) is 3.22. The molecule has 2 N–H and O–H groups in total. The number of carbonyl (C=O) groups excluding carboxylic acids is 1. The van der Waals surface area contributed by atoms with Crippen molar-refractivity contribution in [3.8, 4) is 28.4 Å². The number of anilines is 1. The van der Waals surface area contributed by atoms with E-state index in [9.17, 15) is 9.90 Å². The quantitative estimate of drug-likeness (QED) is 0.472. The van der Waals surface area contributed by atoms with Gasteiger partial charge in [-0.25, -0.2) is 4.68 Å². The van der Waals surface area contributed by atoms with Crippen LogP contribution >= 0.6 is 0 Å². The van der Waals surface area contributed by atoms with E-state index >= 15 is 0 Å². The van der Waals surface area contributed by atoms with Crippen molar-refractivity contribution in [1.29, 1.82) is 0 Å². The maximum Gasteiger partial charge on any atom is 0.259 e. The summed E-state index contributed by atoms with van der Waals surface area (Å²) in [6.07, 6.45) is 1.69. The van der Waals surface area contributed by atoms with Crippen LogP contribution in [0.1, 0.15) is 15.9 Å². The molecule has 6 heteroatoms. The molecule has 0 bridgehead atoms. The highest BCUT2D eigenvalue weighted by atomic mass is 16.5. The van der Waals surface area contributed by atoms with E-state index < -0.39 is 0 Å². The lowest BCUT2D eigenvalue weighted by Gasteiger charge is -2.08. The molecule has 0 fully saturated rings. The Morgan fingerprint density at radius 1 is 1.03 bits per heavy atom. The number of phenols is 1. The molecule has 0 radical (unpaired) electrons. The van der Waals surface area contributed by atoms with E-state index in [0.29, 0.717) is 16.9 Å². The first-order chi connectivity index (χ1) is 14.5. The summed E-state index contributed by atoms with van der Waals surface area (Å²) in [6, 6.07) is 22.0. The Kier molecular flexibility index (Phi) is 5.22. The van der Waals surface area contributed by atoms with Crippen LogP contribution in [0.25, 0.3) is 16.9 Å². The number of hydrogen-bond acceptors (Lipinski definition) is 4. The predicted octanol–water partition coefficient (Wildman–Crippen LogP) is 4.81. The Morgan fingerprint density at radius 3 is 2.43 bits per heavy atom. The van der Waals surface area contributed by atoms with Gasteiger partial charge in [0.25, 0.3) is 5.91 Å². The molecule has 0 saturated heterocycles. The Morgan fingerprint density at radius 2 is 1.77 bits per heavy atom. The van der Waals surface area contributed by atoms with Gasteiger partial charge in [-0.15, -0.1) is 0 Å². The number of carbonyl (C=O) groups is 1. The molecule has 4 rings (SSSR count). The fourth-order valence-electron chi connectivity index (χ4n) is 3.15. The molecule has 1 aromatic heterocycles. The molecular formula is C24H21N3O3. The van der Waals surface area contributed by atoms with Crippen LogP contribution in [0.5, 0.6) is 11.5 Å². The fraction of sp³-hybridized carbons (Fsp3) is 0.0833. The van der Waals surface area contributed by atoms with E-state index in [2.05, 4.69) is 10.4 Å². The third kappa shape index (κ3) is 3.89. The Bertz CT molecular complexity index is 1180. The molecule has 150 valence electrons. The second kappa shape index (κ2) is 8.13. The van der Waals surface area contributed by atoms with Crippen LogP contribution in [0.3, 0.4) is 0 Å². The van der Waals surface area contributed by atoms with Gasteiger partial charge in [0.15, 0.2) is 0 Å². The van der Waals surface area contributed by atoms with Crippen molar-refractivity contribution in [2.75, 3.05) is 12.4 Å². The highest BCUT2D eigenvalue weighted by Crippen LogP contribution is 2.29. The van der Waals surface area contributed by atoms with E-state index in [0.717, 1.165) is 22.6 Å². The zero-order valence-corrected chi connectivity index (χ0v) is 16.7. The number of nitrogens with one attached hydrogen (secondary N) is 1. The van der Waals surface area contributed by atoms with Crippen LogP contribution in [-0.4, -0.2) is 27.9 Å². The minimum atomic E-state index is -0.359. The number of methoxy groups -OCH3 is 1. The summed E-state index contributed by atoms with van der Waals surface area (Å²) in [5, 5.41) is 17.6. The molecule has 1 heterocycles. The van der Waals surface area contributed by atoms with Crippen LogP contribution in [-0.2, 0) is 0 Å². The number of ether oxygens (including phenoxy) is 1. The van der Waals surface area contributed by atoms with Crippen molar-refractivity contribution in [2.24, 2.45) is 0 Å². The smallest absolute Gasteiger partial charge is 0.259 e. The van der Waals surface area contributed by atoms with E-state index in [4.69, 9.17) is 4.74 Å². The third-order valence-electron chi connectivity index (χ3n) is 4.74. The number of aryl methyl sites for hydroxylation is 1. The molecule has 0 atom stereocenters. The van der Waals surface area contributed by atoms with Gasteiger partial charge in [-0.2, -0.15) is 5.10 Å². The standard InChI is InChI=1S/C24H21N3O3/c1-16-8-13-21(22(28)14-16)25-24(29)20-15-27(18-6-4-3-5-7-18)26-23(20)17-9-11-19(30-2)12-10-17/h3-15,28H,1-2H3,(H,25,29). The van der Waals surface area contributed by atoms with Crippen LogP contribution in [0.4, 0.5) is 5.69 Å². The molecule has 4 aromatic rings. The molecule has 3 aromatic carbocycles. The second-order valence-electron chi connectivity index (χ2n) is 6.87. The Balaban J connectivity index is 1.76. The molecule has 6 nitrogen and oxygen atoms in total. The van der Waals surface area contributed by atoms with Crippen molar-refractivity contribution >= 4 is 11.6 Å². The topological polar surface area (TPSA) is 76.4 Å². The summed E-state index contributed by atoms with van der Waals surface area (Å²) in [4.78, 5) is 13.1. The summed E-state index contributed by atoms with van der Waals surface area (Å²) in [6.45, 7) is 1.87. The van der Waals surface area contributed by atoms with E-state index in [1.807, 2.05) is 67.6 Å². The number of aromatic nitrogens is 2. The van der Waals surface area contributed by atoms with Gasteiger partial charge in [-0.1, -0.05) is 24.3 Å². The van der Waals surface area contributed by atoms with Crippen LogP contribution in [0.2, 0.25) is 0 Å². The molecular weight excluding hydrogens is 378 g/mol. The van der Waals surface area contributed by atoms with Crippen LogP contribution in [0.15, 0.2) is 79.0 Å². The molecule has 0 aliphatic rings. The summed E-state index contributed by atoms with van der Waals surface area (Å²) in [5.41, 5.74) is 3.79. The van der Waals surface area contributed by atoms with Gasteiger partial charge < -0.3 is 15.2 Å². The lowest BCUT2D eigenvalue weighted by Crippen LogP contribution is -2.12. The van der Waals surface area contributed by atoms with Crippen molar-refractivity contribution in [3.63, 3.8) is 0 Å². The van der Waals surface area contributed by atoms with E-state index in [1.165, 1.54) is 0 Å². The largest absolute Gasteiger partial charge is 0.506 e. The highest BCUT2D eigenvalue weighted by molar-refractivity contribution is 6.08. The van der Waals surface area contributed by atoms with Crippen LogP contribution < -0.4 is 10.1 Å². The number of amides is 1. The lowest BCUT2D eigenvalue weighted by molar-refractivity contribution is 0.102. The SMILES string of the molecule is COc1ccc(-c2nn(-c3ccccc3)cc2C(=O)Nc2ccc(C)cc2O)cc1. The fourth-order valence-corrected chi connectivity index (χ4v) is 3.15. The van der Waals surface area contributed by atoms with E-state index in [1.54, 1.807) is 30.1 Å². The predicted molar refractivity (Wildman–Crippen MR) is 116 cm³/mol. The van der Waals surface area contributed by atoms with Gasteiger partial charge in [-0.3, -0.25) is 4.79 Å². The average molecular weight is 399 g/mol. The highest BCUT2D eigenvalue weighted by Gasteiger charge is 2.20. The first kappa shape index (κ1) is 19.3. The first-order valence-electron chi connectivity index (χ1n) is 9.45. The summed E-state index contributed by atoms with van der Waals surface area (Å²) >= 11 is 0. The first-order valence-corrected chi connectivity index (χ1v) is 9.45. The summed E-state index contributed by atoms with van der Waals surface area (Å²) < 4.78 is 6.90. The van der Waals surface area contributed by atoms with Gasteiger partial charge >= 0.3 is 0 Å². The number of benzene rings is 3. The van der Waals surface area contributed by atoms with Gasteiger partial charge in [-0.05, 0) is 61.0 Å².